The van der Waals surface area contributed by atoms with Crippen LogP contribution in [0.5, 0.6) is 0 Å². The molecular formula is C16H24N4O4S. The first-order chi connectivity index (χ1) is 11.6. The number of nitrogens with zero attached hydrogens (tertiary/aromatic N) is 2. The van der Waals surface area contributed by atoms with Crippen molar-refractivity contribution in [3.8, 4) is 0 Å². The van der Waals surface area contributed by atoms with Gasteiger partial charge >= 0.3 is 6.03 Å². The van der Waals surface area contributed by atoms with Gasteiger partial charge in [0.05, 0.1) is 12.8 Å². The van der Waals surface area contributed by atoms with Crippen LogP contribution in [0.15, 0.2) is 18.2 Å². The van der Waals surface area contributed by atoms with Gasteiger partial charge in [-0.1, -0.05) is 17.7 Å². The van der Waals surface area contributed by atoms with E-state index in [2.05, 4.69) is 10.6 Å². The maximum absolute atomic E-state index is 12.0. The lowest BCUT2D eigenvalue weighted by atomic mass is 10.1. The maximum atomic E-state index is 12.0. The molecule has 0 aromatic heterocycles. The van der Waals surface area contributed by atoms with Crippen LogP contribution in [0.25, 0.3) is 0 Å². The molecule has 0 spiro atoms. The third-order valence-electron chi connectivity index (χ3n) is 4.05. The van der Waals surface area contributed by atoms with E-state index in [0.29, 0.717) is 31.9 Å². The molecule has 8 nitrogen and oxygen atoms in total. The highest BCUT2D eigenvalue weighted by molar-refractivity contribution is 7.88. The lowest BCUT2D eigenvalue weighted by molar-refractivity contribution is -0.121. The molecule has 0 unspecified atom stereocenters. The summed E-state index contributed by atoms with van der Waals surface area (Å²) < 4.78 is 24.3. The standard InChI is InChI=1S/C16H24N4O4S/c1-12-4-5-14(13(2)10-12)17-16(22)18-15(21)11-19-6-8-20(9-7-19)25(3,23)24/h4-5,10H,6-9,11H2,1-3H3,(H2,17,18,21,22). The van der Waals surface area contributed by atoms with Crippen LogP contribution in [0.3, 0.4) is 0 Å². The topological polar surface area (TPSA) is 98.8 Å². The summed E-state index contributed by atoms with van der Waals surface area (Å²) in [7, 11) is -3.20. The van der Waals surface area contributed by atoms with Crippen LogP contribution >= 0.6 is 0 Å². The summed E-state index contributed by atoms with van der Waals surface area (Å²) in [6, 6.07) is 5.04. The van der Waals surface area contributed by atoms with Crippen LogP contribution < -0.4 is 10.6 Å². The van der Waals surface area contributed by atoms with Crippen molar-refractivity contribution in [1.82, 2.24) is 14.5 Å². The summed E-state index contributed by atoms with van der Waals surface area (Å²) in [5.74, 6) is -0.421. The molecule has 1 aliphatic heterocycles. The van der Waals surface area contributed by atoms with Crippen molar-refractivity contribution in [2.45, 2.75) is 13.8 Å². The quantitative estimate of drug-likeness (QED) is 0.808. The fraction of sp³-hybridized carbons (Fsp3) is 0.500. The second-order valence-corrected chi connectivity index (χ2v) is 8.24. The Kier molecular flexibility index (Phi) is 6.15. The zero-order chi connectivity index (χ0) is 18.6. The SMILES string of the molecule is Cc1ccc(NC(=O)NC(=O)CN2CCN(S(C)(=O)=O)CC2)c(C)c1. The Labute approximate surface area is 148 Å². The highest BCUT2D eigenvalue weighted by Gasteiger charge is 2.24. The third-order valence-corrected chi connectivity index (χ3v) is 5.35. The molecule has 0 bridgehead atoms. The van der Waals surface area contributed by atoms with Crippen molar-refractivity contribution in [1.29, 1.82) is 0 Å². The summed E-state index contributed by atoms with van der Waals surface area (Å²) >= 11 is 0. The Balaban J connectivity index is 1.79. The third kappa shape index (κ3) is 5.80. The van der Waals surface area contributed by atoms with Gasteiger partial charge in [-0.3, -0.25) is 15.0 Å². The minimum atomic E-state index is -3.20. The first-order valence-corrected chi connectivity index (χ1v) is 9.85. The fourth-order valence-electron chi connectivity index (χ4n) is 2.70. The number of rotatable bonds is 4. The molecule has 9 heteroatoms. The van der Waals surface area contributed by atoms with Crippen molar-refractivity contribution >= 4 is 27.6 Å². The second-order valence-electron chi connectivity index (χ2n) is 6.26. The first-order valence-electron chi connectivity index (χ1n) is 8.01. The molecule has 3 amide bonds. The van der Waals surface area contributed by atoms with E-state index < -0.39 is 22.0 Å². The van der Waals surface area contributed by atoms with Crippen molar-refractivity contribution in [3.05, 3.63) is 29.3 Å². The van der Waals surface area contributed by atoms with Gasteiger partial charge in [-0.25, -0.2) is 13.2 Å². The van der Waals surface area contributed by atoms with Gasteiger partial charge in [0.25, 0.3) is 0 Å². The minimum Gasteiger partial charge on any atom is -0.307 e. The number of carbonyl (C=O) groups is 2. The number of urea groups is 1. The van der Waals surface area contributed by atoms with Gasteiger partial charge in [-0.2, -0.15) is 4.31 Å². The molecule has 138 valence electrons. The Hall–Kier alpha value is -1.97. The predicted molar refractivity (Wildman–Crippen MR) is 95.9 cm³/mol. The molecule has 1 fully saturated rings. The Morgan fingerprint density at radius 1 is 1.12 bits per heavy atom. The van der Waals surface area contributed by atoms with Crippen LogP contribution in [-0.4, -0.2) is 68.5 Å². The molecule has 0 radical (unpaired) electrons. The fourth-order valence-corrected chi connectivity index (χ4v) is 3.52. The van der Waals surface area contributed by atoms with Gasteiger partial charge in [0.1, 0.15) is 0 Å². The van der Waals surface area contributed by atoms with Gasteiger partial charge in [0, 0.05) is 31.9 Å². The first kappa shape index (κ1) is 19.4. The van der Waals surface area contributed by atoms with Crippen LogP contribution in [-0.2, 0) is 14.8 Å². The highest BCUT2D eigenvalue weighted by atomic mass is 32.2. The van der Waals surface area contributed by atoms with Crippen molar-refractivity contribution in [2.24, 2.45) is 0 Å². The van der Waals surface area contributed by atoms with Crippen LogP contribution in [0, 0.1) is 13.8 Å². The molecule has 1 heterocycles. The molecular weight excluding hydrogens is 344 g/mol. The van der Waals surface area contributed by atoms with E-state index in [4.69, 9.17) is 0 Å². The van der Waals surface area contributed by atoms with Gasteiger partial charge in [-0.15, -0.1) is 0 Å². The monoisotopic (exact) mass is 368 g/mol. The Morgan fingerprint density at radius 2 is 1.76 bits per heavy atom. The molecule has 0 aliphatic carbocycles. The zero-order valence-electron chi connectivity index (χ0n) is 14.7. The van der Waals surface area contributed by atoms with Crippen LogP contribution in [0.4, 0.5) is 10.5 Å². The van der Waals surface area contributed by atoms with E-state index in [1.807, 2.05) is 30.9 Å². The number of sulfonamides is 1. The van der Waals surface area contributed by atoms with Crippen molar-refractivity contribution in [3.63, 3.8) is 0 Å². The van der Waals surface area contributed by atoms with Gasteiger partial charge < -0.3 is 5.32 Å². The van der Waals surface area contributed by atoms with E-state index in [1.165, 1.54) is 10.6 Å². The van der Waals surface area contributed by atoms with Crippen LogP contribution in [0.1, 0.15) is 11.1 Å². The van der Waals surface area contributed by atoms with E-state index in [0.717, 1.165) is 11.1 Å². The number of hydrogen-bond acceptors (Lipinski definition) is 5. The molecule has 25 heavy (non-hydrogen) atoms. The number of nitrogens with one attached hydrogen (secondary N) is 2. The lowest BCUT2D eigenvalue weighted by Crippen LogP contribution is -2.51. The maximum Gasteiger partial charge on any atom is 0.325 e. The molecule has 1 aromatic carbocycles. The van der Waals surface area contributed by atoms with Gasteiger partial charge in [-0.05, 0) is 25.5 Å². The number of benzene rings is 1. The molecule has 0 saturated carbocycles. The Bertz CT molecular complexity index is 755. The number of piperazine rings is 1. The zero-order valence-corrected chi connectivity index (χ0v) is 15.5. The molecule has 0 atom stereocenters. The molecule has 2 N–H and O–H groups in total. The molecule has 1 aliphatic rings. The smallest absolute Gasteiger partial charge is 0.307 e. The second kappa shape index (κ2) is 7.94. The average molecular weight is 368 g/mol. The number of amides is 3. The van der Waals surface area contributed by atoms with E-state index in [-0.39, 0.29) is 6.54 Å². The summed E-state index contributed by atoms with van der Waals surface area (Å²) in [6.07, 6.45) is 1.17. The highest BCUT2D eigenvalue weighted by Crippen LogP contribution is 2.15. The minimum absolute atomic E-state index is 0.0535. The summed E-state index contributed by atoms with van der Waals surface area (Å²) in [6.45, 7) is 5.51. The van der Waals surface area contributed by atoms with Gasteiger partial charge in [0.15, 0.2) is 0 Å². The molecule has 1 aromatic rings. The summed E-state index contributed by atoms with van der Waals surface area (Å²) in [5, 5.41) is 4.95. The Morgan fingerprint density at radius 3 is 2.32 bits per heavy atom. The number of hydrogen-bond donors (Lipinski definition) is 2. The number of aryl methyl sites for hydroxylation is 2. The number of imide groups is 1. The summed E-state index contributed by atoms with van der Waals surface area (Å²) in [4.78, 5) is 25.7. The number of anilines is 1. The average Bonchev–Trinajstić information content (AvgIpc) is 2.49. The lowest BCUT2D eigenvalue weighted by Gasteiger charge is -2.32. The summed E-state index contributed by atoms with van der Waals surface area (Å²) in [5.41, 5.74) is 2.66. The van der Waals surface area contributed by atoms with Crippen LogP contribution in [0.2, 0.25) is 0 Å². The predicted octanol–water partition coefficient (Wildman–Crippen LogP) is 0.529. The molecule has 1 saturated heterocycles. The molecule has 2 rings (SSSR count). The van der Waals surface area contributed by atoms with Crippen molar-refractivity contribution < 1.29 is 18.0 Å². The normalized spacial score (nSPS) is 16.4. The number of carbonyl (C=O) groups excluding carboxylic acids is 2. The largest absolute Gasteiger partial charge is 0.325 e. The van der Waals surface area contributed by atoms with E-state index in [1.54, 1.807) is 6.07 Å². The van der Waals surface area contributed by atoms with Crippen molar-refractivity contribution in [2.75, 3.05) is 44.3 Å². The van der Waals surface area contributed by atoms with E-state index in [9.17, 15) is 18.0 Å². The van der Waals surface area contributed by atoms with Gasteiger partial charge in [0.2, 0.25) is 15.9 Å². The van der Waals surface area contributed by atoms with E-state index >= 15 is 0 Å².